The molecule has 1 amide bonds. The summed E-state index contributed by atoms with van der Waals surface area (Å²) in [5.74, 6) is 0.0495. The monoisotopic (exact) mass is 453 g/mol. The number of carbonyl (C=O) groups is 2. The fourth-order valence-electron chi connectivity index (χ4n) is 4.49. The molecular weight excluding hydrogens is 418 g/mol. The maximum atomic E-state index is 12.6. The van der Waals surface area contributed by atoms with Crippen molar-refractivity contribution in [3.63, 3.8) is 0 Å². The molecular formula is C26H35NO4Si. The topological polar surface area (TPSA) is 55.8 Å². The van der Waals surface area contributed by atoms with Crippen molar-refractivity contribution >= 4 is 30.6 Å². The Hall–Kier alpha value is -2.44. The van der Waals surface area contributed by atoms with Crippen molar-refractivity contribution in [2.24, 2.45) is 0 Å². The first-order valence-corrected chi connectivity index (χ1v) is 13.4. The zero-order valence-corrected chi connectivity index (χ0v) is 20.7. The Balaban J connectivity index is 1.92. The van der Waals surface area contributed by atoms with Crippen LogP contribution in [0.1, 0.15) is 47.0 Å². The van der Waals surface area contributed by atoms with Gasteiger partial charge in [-0.3, -0.25) is 9.69 Å². The largest absolute Gasteiger partial charge is 0.449 e. The van der Waals surface area contributed by atoms with Crippen molar-refractivity contribution in [2.75, 3.05) is 19.8 Å². The summed E-state index contributed by atoms with van der Waals surface area (Å²) in [5.41, 5.74) is 0. The summed E-state index contributed by atoms with van der Waals surface area (Å²) < 4.78 is 12.3. The lowest BCUT2D eigenvalue weighted by atomic mass is 10.2. The molecule has 0 bridgehead atoms. The van der Waals surface area contributed by atoms with E-state index in [2.05, 4.69) is 45.0 Å². The molecule has 1 aliphatic rings. The zero-order chi connectivity index (χ0) is 23.2. The number of Topliss-reactive ketones (excluding diaryl/α,β-unsaturated/α-hetero) is 1. The first-order chi connectivity index (χ1) is 15.3. The molecule has 32 heavy (non-hydrogen) atoms. The molecule has 5 nitrogen and oxygen atoms in total. The molecule has 0 N–H and O–H groups in total. The van der Waals surface area contributed by atoms with E-state index in [-0.39, 0.29) is 23.4 Å². The molecule has 3 rings (SSSR count). The Morgan fingerprint density at radius 2 is 1.59 bits per heavy atom. The quantitative estimate of drug-likeness (QED) is 0.445. The molecule has 0 aromatic heterocycles. The molecule has 6 heteroatoms. The lowest BCUT2D eigenvalue weighted by molar-refractivity contribution is -0.116. The van der Waals surface area contributed by atoms with Gasteiger partial charge in [0.05, 0.1) is 25.8 Å². The van der Waals surface area contributed by atoms with Crippen LogP contribution < -0.4 is 10.4 Å². The standard InChI is InChI=1S/C26H35NO4Si/c1-5-6-17-30-25(29)27-19-22(28)18-21(27)20-31-32(26(2,3)4,23-13-9-7-10-14-23)24-15-11-8-12-16-24/h7-16,21H,5-6,17-20H2,1-4H3/t21-/m0/s1. The number of unbranched alkanes of at least 4 members (excludes halogenated alkanes) is 1. The van der Waals surface area contributed by atoms with Gasteiger partial charge in [-0.25, -0.2) is 4.79 Å². The van der Waals surface area contributed by atoms with Crippen molar-refractivity contribution in [1.82, 2.24) is 4.90 Å². The molecule has 0 unspecified atom stereocenters. The molecule has 0 radical (unpaired) electrons. The third kappa shape index (κ3) is 5.13. The van der Waals surface area contributed by atoms with E-state index in [9.17, 15) is 9.59 Å². The number of benzene rings is 2. The maximum absolute atomic E-state index is 12.6. The first kappa shape index (κ1) is 24.2. The number of rotatable bonds is 8. The van der Waals surface area contributed by atoms with E-state index in [1.165, 1.54) is 10.4 Å². The van der Waals surface area contributed by atoms with Gasteiger partial charge in [0.1, 0.15) is 0 Å². The van der Waals surface area contributed by atoms with Gasteiger partial charge < -0.3 is 9.16 Å². The molecule has 1 aliphatic heterocycles. The van der Waals surface area contributed by atoms with E-state index in [4.69, 9.17) is 9.16 Å². The molecule has 1 saturated heterocycles. The Labute approximate surface area is 192 Å². The molecule has 2 aromatic rings. The summed E-state index contributed by atoms with van der Waals surface area (Å²) in [6.07, 6.45) is 1.66. The molecule has 1 atom stereocenters. The van der Waals surface area contributed by atoms with Gasteiger partial charge in [0.25, 0.3) is 8.32 Å². The minimum atomic E-state index is -2.72. The van der Waals surface area contributed by atoms with Gasteiger partial charge in [0.15, 0.2) is 5.78 Å². The van der Waals surface area contributed by atoms with Crippen LogP contribution >= 0.6 is 0 Å². The van der Waals surface area contributed by atoms with Crippen LogP contribution in [0.25, 0.3) is 0 Å². The van der Waals surface area contributed by atoms with Crippen molar-refractivity contribution in [3.05, 3.63) is 60.7 Å². The van der Waals surface area contributed by atoms with Crippen LogP contribution in [0, 0.1) is 0 Å². The zero-order valence-electron chi connectivity index (χ0n) is 19.7. The van der Waals surface area contributed by atoms with E-state index >= 15 is 0 Å². The minimum Gasteiger partial charge on any atom is -0.449 e. The summed E-state index contributed by atoms with van der Waals surface area (Å²) in [4.78, 5) is 26.5. The Morgan fingerprint density at radius 3 is 2.09 bits per heavy atom. The molecule has 0 spiro atoms. The van der Waals surface area contributed by atoms with Crippen LogP contribution in [0.3, 0.4) is 0 Å². The maximum Gasteiger partial charge on any atom is 0.410 e. The van der Waals surface area contributed by atoms with Gasteiger partial charge in [0.2, 0.25) is 0 Å². The Morgan fingerprint density at radius 1 is 1.03 bits per heavy atom. The van der Waals surface area contributed by atoms with Crippen molar-refractivity contribution in [2.45, 2.75) is 58.0 Å². The smallest absolute Gasteiger partial charge is 0.410 e. The van der Waals surface area contributed by atoms with E-state index in [0.29, 0.717) is 19.6 Å². The lowest BCUT2D eigenvalue weighted by Crippen LogP contribution is -2.67. The lowest BCUT2D eigenvalue weighted by Gasteiger charge is -2.43. The van der Waals surface area contributed by atoms with Crippen LogP contribution in [-0.2, 0) is 14.0 Å². The normalized spacial score (nSPS) is 16.9. The molecule has 1 fully saturated rings. The second-order valence-corrected chi connectivity index (χ2v) is 13.8. The highest BCUT2D eigenvalue weighted by Crippen LogP contribution is 2.37. The van der Waals surface area contributed by atoms with Crippen LogP contribution in [0.4, 0.5) is 4.79 Å². The highest BCUT2D eigenvalue weighted by atomic mass is 28.4. The molecule has 172 valence electrons. The van der Waals surface area contributed by atoms with Crippen LogP contribution in [-0.4, -0.2) is 50.9 Å². The van der Waals surface area contributed by atoms with Gasteiger partial charge in [0, 0.05) is 6.42 Å². The predicted molar refractivity (Wildman–Crippen MR) is 130 cm³/mol. The van der Waals surface area contributed by atoms with Crippen molar-refractivity contribution in [3.8, 4) is 0 Å². The Bertz CT molecular complexity index is 856. The number of hydrogen-bond acceptors (Lipinski definition) is 4. The second kappa shape index (κ2) is 10.4. The van der Waals surface area contributed by atoms with Gasteiger partial charge in [-0.2, -0.15) is 0 Å². The number of carbonyl (C=O) groups excluding carboxylic acids is 2. The highest BCUT2D eigenvalue weighted by molar-refractivity contribution is 6.99. The fourth-order valence-corrected chi connectivity index (χ4v) is 9.09. The van der Waals surface area contributed by atoms with Crippen LogP contribution in [0.15, 0.2) is 60.7 Å². The molecule has 0 saturated carbocycles. The average molecular weight is 454 g/mol. The molecule has 2 aromatic carbocycles. The first-order valence-electron chi connectivity index (χ1n) is 11.5. The Kier molecular flexibility index (Phi) is 7.90. The SMILES string of the molecule is CCCCOC(=O)N1CC(=O)C[C@H]1CO[Si](c1ccccc1)(c1ccccc1)C(C)(C)C. The summed E-state index contributed by atoms with van der Waals surface area (Å²) in [6.45, 7) is 9.49. The molecule has 1 heterocycles. The van der Waals surface area contributed by atoms with E-state index in [0.717, 1.165) is 12.8 Å². The van der Waals surface area contributed by atoms with Crippen molar-refractivity contribution in [1.29, 1.82) is 0 Å². The third-order valence-electron chi connectivity index (χ3n) is 6.12. The van der Waals surface area contributed by atoms with E-state index in [1.807, 2.05) is 43.3 Å². The van der Waals surface area contributed by atoms with Crippen LogP contribution in [0.5, 0.6) is 0 Å². The molecule has 0 aliphatic carbocycles. The van der Waals surface area contributed by atoms with Crippen molar-refractivity contribution < 1.29 is 18.8 Å². The third-order valence-corrected chi connectivity index (χ3v) is 11.1. The summed E-state index contributed by atoms with van der Waals surface area (Å²) in [6, 6.07) is 20.5. The summed E-state index contributed by atoms with van der Waals surface area (Å²) in [5, 5.41) is 2.20. The summed E-state index contributed by atoms with van der Waals surface area (Å²) in [7, 11) is -2.72. The second-order valence-electron chi connectivity index (χ2n) is 9.47. The number of likely N-dealkylation sites (tertiary alicyclic amines) is 1. The van der Waals surface area contributed by atoms with Gasteiger partial charge in [-0.05, 0) is 21.8 Å². The number of nitrogens with zero attached hydrogens (tertiary/aromatic N) is 1. The average Bonchev–Trinajstić information content (AvgIpc) is 3.15. The number of hydrogen-bond donors (Lipinski definition) is 0. The number of ketones is 1. The number of amides is 1. The minimum absolute atomic E-state index is 0.0495. The fraction of sp³-hybridized carbons (Fsp3) is 0.462. The van der Waals surface area contributed by atoms with Gasteiger partial charge in [-0.15, -0.1) is 0 Å². The van der Waals surface area contributed by atoms with Gasteiger partial charge >= 0.3 is 6.09 Å². The summed E-state index contributed by atoms with van der Waals surface area (Å²) >= 11 is 0. The highest BCUT2D eigenvalue weighted by Gasteiger charge is 2.51. The predicted octanol–water partition coefficient (Wildman–Crippen LogP) is 4.14. The van der Waals surface area contributed by atoms with Gasteiger partial charge in [-0.1, -0.05) is 94.8 Å². The number of ether oxygens (including phenoxy) is 1. The van der Waals surface area contributed by atoms with Crippen LogP contribution in [0.2, 0.25) is 5.04 Å². The van der Waals surface area contributed by atoms with E-state index < -0.39 is 14.4 Å². The van der Waals surface area contributed by atoms with E-state index in [1.54, 1.807) is 4.90 Å².